The van der Waals surface area contributed by atoms with Gasteiger partial charge in [-0.1, -0.05) is 12.2 Å². The molecule has 0 aliphatic heterocycles. The zero-order chi connectivity index (χ0) is 7.84. The lowest BCUT2D eigenvalue weighted by Gasteiger charge is -2.20. The van der Waals surface area contributed by atoms with E-state index >= 15 is 0 Å². The molecule has 4 atom stereocenters. The maximum Gasteiger partial charge on any atom is 0.124 e. The minimum absolute atomic E-state index is 0.0926. The van der Waals surface area contributed by atoms with Crippen molar-refractivity contribution in [2.45, 2.75) is 6.42 Å². The standard InChI is InChI=1S/C9H12O2/c10-4-8-6-1-2-7(3-6)9(8)5-11/h1-2,4,6-9,11H,3,5H2/t6-,7+,8-,9+/m0/s1. The van der Waals surface area contributed by atoms with Crippen LogP contribution in [0.2, 0.25) is 0 Å². The van der Waals surface area contributed by atoms with Gasteiger partial charge in [-0.3, -0.25) is 0 Å². The Morgan fingerprint density at radius 1 is 1.45 bits per heavy atom. The fourth-order valence-corrected chi connectivity index (χ4v) is 2.42. The topological polar surface area (TPSA) is 37.3 Å². The normalized spacial score (nSPS) is 46.6. The second kappa shape index (κ2) is 2.45. The molecule has 0 spiro atoms. The van der Waals surface area contributed by atoms with Gasteiger partial charge in [0.1, 0.15) is 6.29 Å². The van der Waals surface area contributed by atoms with Crippen molar-refractivity contribution in [1.29, 1.82) is 0 Å². The molecule has 0 aromatic carbocycles. The molecule has 2 aliphatic carbocycles. The zero-order valence-corrected chi connectivity index (χ0v) is 6.31. The quantitative estimate of drug-likeness (QED) is 0.465. The molecule has 0 aromatic heterocycles. The van der Waals surface area contributed by atoms with E-state index in [1.807, 2.05) is 0 Å². The first-order chi connectivity index (χ1) is 5.36. The number of aliphatic hydroxyl groups excluding tert-OH is 1. The van der Waals surface area contributed by atoms with Crippen LogP contribution in [0.25, 0.3) is 0 Å². The number of hydrogen-bond acceptors (Lipinski definition) is 2. The van der Waals surface area contributed by atoms with E-state index in [4.69, 9.17) is 5.11 Å². The lowest BCUT2D eigenvalue weighted by Crippen LogP contribution is -2.23. The maximum atomic E-state index is 10.6. The van der Waals surface area contributed by atoms with Crippen LogP contribution in [-0.4, -0.2) is 18.0 Å². The summed E-state index contributed by atoms with van der Waals surface area (Å²) < 4.78 is 0. The second-order valence-corrected chi connectivity index (χ2v) is 3.51. The van der Waals surface area contributed by atoms with E-state index in [-0.39, 0.29) is 18.4 Å². The SMILES string of the molecule is O=C[C@@H]1[C@H](CO)[C@@H]2C=C[C@H]1C2. The molecule has 2 heteroatoms. The monoisotopic (exact) mass is 152 g/mol. The molecule has 2 bridgehead atoms. The third-order valence-corrected chi connectivity index (χ3v) is 3.06. The van der Waals surface area contributed by atoms with Crippen molar-refractivity contribution >= 4 is 6.29 Å². The number of aliphatic hydroxyl groups is 1. The van der Waals surface area contributed by atoms with Gasteiger partial charge in [0.25, 0.3) is 0 Å². The summed E-state index contributed by atoms with van der Waals surface area (Å²) >= 11 is 0. The molecular formula is C9H12O2. The number of fused-ring (bicyclic) bond motifs is 2. The number of allylic oxidation sites excluding steroid dienone is 2. The van der Waals surface area contributed by atoms with Crippen molar-refractivity contribution in [3.05, 3.63) is 12.2 Å². The van der Waals surface area contributed by atoms with Crippen molar-refractivity contribution in [3.8, 4) is 0 Å². The first-order valence-corrected chi connectivity index (χ1v) is 4.11. The molecule has 2 rings (SSSR count). The molecule has 0 heterocycles. The summed E-state index contributed by atoms with van der Waals surface area (Å²) in [6.45, 7) is 0.162. The van der Waals surface area contributed by atoms with Gasteiger partial charge in [0.15, 0.2) is 0 Å². The van der Waals surface area contributed by atoms with Crippen molar-refractivity contribution in [1.82, 2.24) is 0 Å². The Labute approximate surface area is 65.9 Å². The van der Waals surface area contributed by atoms with Crippen LogP contribution in [0.1, 0.15) is 6.42 Å². The number of aldehydes is 1. The van der Waals surface area contributed by atoms with Crippen molar-refractivity contribution in [2.75, 3.05) is 6.61 Å². The predicted molar refractivity (Wildman–Crippen MR) is 40.9 cm³/mol. The van der Waals surface area contributed by atoms with Crippen LogP contribution in [-0.2, 0) is 4.79 Å². The number of carbonyl (C=O) groups excluding carboxylic acids is 1. The highest BCUT2D eigenvalue weighted by molar-refractivity contribution is 5.57. The van der Waals surface area contributed by atoms with E-state index in [2.05, 4.69) is 12.2 Å². The highest BCUT2D eigenvalue weighted by atomic mass is 16.3. The lowest BCUT2D eigenvalue weighted by molar-refractivity contribution is -0.113. The molecule has 11 heavy (non-hydrogen) atoms. The minimum atomic E-state index is 0.0926. The van der Waals surface area contributed by atoms with Crippen LogP contribution in [0, 0.1) is 23.7 Å². The van der Waals surface area contributed by atoms with Gasteiger partial charge in [-0.05, 0) is 24.2 Å². The molecule has 1 saturated carbocycles. The Kier molecular flexibility index (Phi) is 1.57. The molecule has 1 fully saturated rings. The van der Waals surface area contributed by atoms with Crippen LogP contribution >= 0.6 is 0 Å². The number of rotatable bonds is 2. The predicted octanol–water partition coefficient (Wildman–Crippen LogP) is 0.616. The molecule has 0 amide bonds. The fraction of sp³-hybridized carbons (Fsp3) is 0.667. The van der Waals surface area contributed by atoms with Gasteiger partial charge in [-0.2, -0.15) is 0 Å². The molecule has 60 valence electrons. The third-order valence-electron chi connectivity index (χ3n) is 3.06. The van der Waals surface area contributed by atoms with Gasteiger partial charge in [0.2, 0.25) is 0 Å². The van der Waals surface area contributed by atoms with Crippen LogP contribution in [0.15, 0.2) is 12.2 Å². The zero-order valence-electron chi connectivity index (χ0n) is 6.31. The average Bonchev–Trinajstić information content (AvgIpc) is 2.60. The molecule has 0 radical (unpaired) electrons. The van der Waals surface area contributed by atoms with E-state index in [0.29, 0.717) is 11.8 Å². The summed E-state index contributed by atoms with van der Waals surface area (Å²) in [5.74, 6) is 1.20. The lowest BCUT2D eigenvalue weighted by atomic mass is 9.85. The Morgan fingerprint density at radius 3 is 2.73 bits per heavy atom. The summed E-state index contributed by atoms with van der Waals surface area (Å²) in [5.41, 5.74) is 0. The van der Waals surface area contributed by atoms with E-state index in [1.54, 1.807) is 0 Å². The first kappa shape index (κ1) is 7.04. The number of carbonyl (C=O) groups is 1. The van der Waals surface area contributed by atoms with E-state index < -0.39 is 0 Å². The Morgan fingerprint density at radius 2 is 2.18 bits per heavy atom. The van der Waals surface area contributed by atoms with Gasteiger partial charge in [0.05, 0.1) is 0 Å². The molecule has 2 nitrogen and oxygen atoms in total. The second-order valence-electron chi connectivity index (χ2n) is 3.51. The van der Waals surface area contributed by atoms with Crippen molar-refractivity contribution < 1.29 is 9.90 Å². The average molecular weight is 152 g/mol. The molecule has 0 aromatic rings. The van der Waals surface area contributed by atoms with Crippen molar-refractivity contribution in [3.63, 3.8) is 0 Å². The molecule has 0 unspecified atom stereocenters. The maximum absolute atomic E-state index is 10.6. The largest absolute Gasteiger partial charge is 0.396 e. The van der Waals surface area contributed by atoms with Crippen LogP contribution in [0.5, 0.6) is 0 Å². The first-order valence-electron chi connectivity index (χ1n) is 4.11. The summed E-state index contributed by atoms with van der Waals surface area (Å²) in [6.07, 6.45) is 6.35. The molecular weight excluding hydrogens is 140 g/mol. The van der Waals surface area contributed by atoms with Crippen LogP contribution in [0.4, 0.5) is 0 Å². The summed E-state index contributed by atoms with van der Waals surface area (Å²) in [5, 5.41) is 9.00. The highest BCUT2D eigenvalue weighted by Gasteiger charge is 2.43. The number of hydrogen-bond donors (Lipinski definition) is 1. The van der Waals surface area contributed by atoms with Gasteiger partial charge in [0, 0.05) is 12.5 Å². The van der Waals surface area contributed by atoms with Crippen molar-refractivity contribution in [2.24, 2.45) is 23.7 Å². The van der Waals surface area contributed by atoms with Gasteiger partial charge in [-0.15, -0.1) is 0 Å². The Bertz CT molecular complexity index is 198. The minimum Gasteiger partial charge on any atom is -0.396 e. The van der Waals surface area contributed by atoms with Gasteiger partial charge >= 0.3 is 0 Å². The van der Waals surface area contributed by atoms with E-state index in [0.717, 1.165) is 12.7 Å². The summed E-state index contributed by atoms with van der Waals surface area (Å²) in [6, 6.07) is 0. The van der Waals surface area contributed by atoms with Crippen LogP contribution < -0.4 is 0 Å². The summed E-state index contributed by atoms with van der Waals surface area (Å²) in [7, 11) is 0. The third kappa shape index (κ3) is 0.857. The van der Waals surface area contributed by atoms with E-state index in [1.165, 1.54) is 0 Å². The fourth-order valence-electron chi connectivity index (χ4n) is 2.42. The molecule has 2 aliphatic rings. The van der Waals surface area contributed by atoms with Gasteiger partial charge < -0.3 is 9.90 Å². The Balaban J connectivity index is 2.21. The Hall–Kier alpha value is -0.630. The van der Waals surface area contributed by atoms with Crippen LogP contribution in [0.3, 0.4) is 0 Å². The van der Waals surface area contributed by atoms with E-state index in [9.17, 15) is 4.79 Å². The van der Waals surface area contributed by atoms with Gasteiger partial charge in [-0.25, -0.2) is 0 Å². The highest BCUT2D eigenvalue weighted by Crippen LogP contribution is 2.46. The molecule has 1 N–H and O–H groups in total. The molecule has 0 saturated heterocycles. The summed E-state index contributed by atoms with van der Waals surface area (Å²) in [4.78, 5) is 10.6. The smallest absolute Gasteiger partial charge is 0.124 e.